The lowest BCUT2D eigenvalue weighted by molar-refractivity contribution is -0.149. The molecule has 1 aromatic rings. The average Bonchev–Trinajstić information content (AvgIpc) is 3.53. The van der Waals surface area contributed by atoms with Gasteiger partial charge in [-0.25, -0.2) is 0 Å². The fraction of sp³-hybridized carbons (Fsp3) is 0.594. The highest BCUT2D eigenvalue weighted by molar-refractivity contribution is 6.05. The number of amides is 3. The van der Waals surface area contributed by atoms with Crippen LogP contribution in [0.5, 0.6) is 0 Å². The monoisotopic (exact) mass is 566 g/mol. The molecular weight excluding hydrogens is 520 g/mol. The Morgan fingerprint density at radius 3 is 2.27 bits per heavy atom. The number of likely N-dealkylation sites (N-methyl/N-ethyl adjacent to an activating group) is 1. The minimum absolute atomic E-state index is 0.00127. The summed E-state index contributed by atoms with van der Waals surface area (Å²) in [6.07, 6.45) is 5.50. The van der Waals surface area contributed by atoms with Gasteiger partial charge in [-0.15, -0.1) is 13.2 Å². The molecule has 0 saturated carbocycles. The van der Waals surface area contributed by atoms with Crippen LogP contribution in [0.1, 0.15) is 46.5 Å². The summed E-state index contributed by atoms with van der Waals surface area (Å²) in [7, 11) is 1.71. The maximum absolute atomic E-state index is 14.6. The molecule has 1 N–H and O–H groups in total. The molecular formula is C32H46N4O5. The summed E-state index contributed by atoms with van der Waals surface area (Å²) in [5.41, 5.74) is -0.152. The Hall–Kier alpha value is -3.17. The number of aliphatic hydroxyl groups is 1. The largest absolute Gasteiger partial charge is 0.396 e. The van der Waals surface area contributed by atoms with Crippen molar-refractivity contribution in [3.05, 3.63) is 49.6 Å². The van der Waals surface area contributed by atoms with Crippen LogP contribution in [0.3, 0.4) is 0 Å². The van der Waals surface area contributed by atoms with Crippen LogP contribution in [0, 0.1) is 11.8 Å². The third kappa shape index (κ3) is 5.18. The highest BCUT2D eigenvalue weighted by Crippen LogP contribution is 2.63. The molecule has 1 aromatic carbocycles. The first-order chi connectivity index (χ1) is 19.6. The van der Waals surface area contributed by atoms with Crippen molar-refractivity contribution in [2.75, 3.05) is 56.2 Å². The van der Waals surface area contributed by atoms with Gasteiger partial charge in [-0.1, -0.05) is 12.2 Å². The molecule has 2 unspecified atom stereocenters. The van der Waals surface area contributed by atoms with Crippen LogP contribution >= 0.6 is 0 Å². The normalized spacial score (nSPS) is 28.0. The van der Waals surface area contributed by atoms with Gasteiger partial charge in [0.2, 0.25) is 11.8 Å². The van der Waals surface area contributed by atoms with Crippen LogP contribution in [0.2, 0.25) is 0 Å². The molecule has 2 bridgehead atoms. The summed E-state index contributed by atoms with van der Waals surface area (Å²) in [4.78, 5) is 49.7. The highest BCUT2D eigenvalue weighted by Gasteiger charge is 2.78. The van der Waals surface area contributed by atoms with Crippen LogP contribution in [0.4, 0.5) is 11.4 Å². The molecule has 9 heteroatoms. The average molecular weight is 567 g/mol. The van der Waals surface area contributed by atoms with E-state index in [1.165, 1.54) is 0 Å². The van der Waals surface area contributed by atoms with Gasteiger partial charge in [0.05, 0.1) is 17.4 Å². The number of likely N-dealkylation sites (tertiary alicyclic amines) is 1. The topological polar surface area (TPSA) is 93.6 Å². The van der Waals surface area contributed by atoms with Gasteiger partial charge in [-0.05, 0) is 70.7 Å². The number of anilines is 2. The molecule has 0 aliphatic carbocycles. The van der Waals surface area contributed by atoms with E-state index in [0.29, 0.717) is 44.5 Å². The van der Waals surface area contributed by atoms with Gasteiger partial charge >= 0.3 is 0 Å². The Morgan fingerprint density at radius 1 is 1.05 bits per heavy atom. The zero-order chi connectivity index (χ0) is 29.9. The van der Waals surface area contributed by atoms with Gasteiger partial charge < -0.3 is 29.4 Å². The molecule has 224 valence electrons. The SMILES string of the molecule is C=CCN(C)C(=O)[C@@H]1[C@H]2C(=O)N(CCCCO)C(C(=O)N(CC=C)c3ccc(N(CC)CC)cc3)C23CC[C@@]1(C)O3. The number of hydrogen-bond donors (Lipinski definition) is 1. The molecule has 4 rings (SSSR count). The van der Waals surface area contributed by atoms with Crippen molar-refractivity contribution < 1.29 is 24.2 Å². The Balaban J connectivity index is 1.75. The number of aliphatic hydroxyl groups excluding tert-OH is 1. The lowest BCUT2D eigenvalue weighted by Crippen LogP contribution is -2.56. The predicted octanol–water partition coefficient (Wildman–Crippen LogP) is 3.23. The molecule has 9 nitrogen and oxygen atoms in total. The van der Waals surface area contributed by atoms with Crippen LogP contribution < -0.4 is 9.80 Å². The van der Waals surface area contributed by atoms with Gasteiger partial charge in [0.1, 0.15) is 11.6 Å². The summed E-state index contributed by atoms with van der Waals surface area (Å²) in [6, 6.07) is 7.00. The molecule has 41 heavy (non-hydrogen) atoms. The first-order valence-electron chi connectivity index (χ1n) is 14.9. The number of nitrogens with zero attached hydrogens (tertiary/aromatic N) is 4. The zero-order valence-electron chi connectivity index (χ0n) is 25.1. The fourth-order valence-corrected chi connectivity index (χ4v) is 7.27. The number of rotatable bonds is 14. The lowest BCUT2D eigenvalue weighted by atomic mass is 9.66. The molecule has 3 fully saturated rings. The quantitative estimate of drug-likeness (QED) is 0.275. The third-order valence-electron chi connectivity index (χ3n) is 9.23. The maximum Gasteiger partial charge on any atom is 0.253 e. The number of benzene rings is 1. The van der Waals surface area contributed by atoms with Gasteiger partial charge in [0.25, 0.3) is 5.91 Å². The Kier molecular flexibility index (Phi) is 9.29. The molecule has 3 amide bonds. The van der Waals surface area contributed by atoms with Crippen LogP contribution in [-0.4, -0.2) is 96.3 Å². The number of ether oxygens (including phenoxy) is 1. The van der Waals surface area contributed by atoms with E-state index in [0.717, 1.165) is 18.8 Å². The summed E-state index contributed by atoms with van der Waals surface area (Å²) < 4.78 is 6.75. The predicted molar refractivity (Wildman–Crippen MR) is 161 cm³/mol. The standard InChI is InChI=1S/C32H46N4O5/c1-7-19-33(6)28(38)25-26-29(39)36(21-11-12-22-37)27(32(26)18-17-31(25,5)41-32)30(40)35(20-8-2)24-15-13-23(14-16-24)34(9-3)10-4/h7-8,13-16,25-27,37H,1-2,9-12,17-22H2,3-6H3/t25-,26-,27?,31+,32?/m0/s1. The number of fused-ring (bicyclic) bond motifs is 1. The Morgan fingerprint density at radius 2 is 1.68 bits per heavy atom. The third-order valence-corrected chi connectivity index (χ3v) is 9.23. The molecule has 0 aromatic heterocycles. The molecule has 3 saturated heterocycles. The van der Waals surface area contributed by atoms with Crippen molar-refractivity contribution in [3.63, 3.8) is 0 Å². The van der Waals surface area contributed by atoms with E-state index in [1.807, 2.05) is 31.2 Å². The van der Waals surface area contributed by atoms with E-state index in [4.69, 9.17) is 4.74 Å². The summed E-state index contributed by atoms with van der Waals surface area (Å²) in [5.74, 6) is -2.05. The van der Waals surface area contributed by atoms with E-state index in [1.54, 1.807) is 33.9 Å². The molecule has 0 radical (unpaired) electrons. The van der Waals surface area contributed by atoms with Crippen molar-refractivity contribution in [3.8, 4) is 0 Å². The van der Waals surface area contributed by atoms with E-state index < -0.39 is 29.1 Å². The van der Waals surface area contributed by atoms with Crippen molar-refractivity contribution in [2.45, 2.75) is 63.7 Å². The van der Waals surface area contributed by atoms with Gasteiger partial charge in [-0.2, -0.15) is 0 Å². The van der Waals surface area contributed by atoms with E-state index in [9.17, 15) is 19.5 Å². The summed E-state index contributed by atoms with van der Waals surface area (Å²) in [6.45, 7) is 16.4. The molecule has 3 aliphatic heterocycles. The first kappa shape index (κ1) is 30.8. The van der Waals surface area contributed by atoms with Crippen molar-refractivity contribution in [1.82, 2.24) is 9.80 Å². The number of carbonyl (C=O) groups is 3. The lowest BCUT2D eigenvalue weighted by Gasteiger charge is -2.37. The van der Waals surface area contributed by atoms with Gasteiger partial charge in [0, 0.05) is 57.8 Å². The highest BCUT2D eigenvalue weighted by atomic mass is 16.5. The van der Waals surface area contributed by atoms with E-state index in [2.05, 4.69) is 31.9 Å². The summed E-state index contributed by atoms with van der Waals surface area (Å²) in [5, 5.41) is 9.43. The minimum atomic E-state index is -1.10. The van der Waals surface area contributed by atoms with Crippen LogP contribution in [0.15, 0.2) is 49.6 Å². The van der Waals surface area contributed by atoms with Crippen molar-refractivity contribution in [1.29, 1.82) is 0 Å². The van der Waals surface area contributed by atoms with Crippen molar-refractivity contribution in [2.24, 2.45) is 11.8 Å². The number of carbonyl (C=O) groups excluding carboxylic acids is 3. The summed E-state index contributed by atoms with van der Waals surface area (Å²) >= 11 is 0. The molecule has 3 heterocycles. The van der Waals surface area contributed by atoms with Crippen molar-refractivity contribution >= 4 is 29.1 Å². The Labute approximate surface area is 244 Å². The number of hydrogen-bond acceptors (Lipinski definition) is 6. The molecule has 5 atom stereocenters. The maximum atomic E-state index is 14.6. The first-order valence-corrected chi connectivity index (χ1v) is 14.9. The van der Waals surface area contributed by atoms with Gasteiger partial charge in [0.15, 0.2) is 0 Å². The van der Waals surface area contributed by atoms with Crippen LogP contribution in [-0.2, 0) is 19.1 Å². The smallest absolute Gasteiger partial charge is 0.253 e. The second kappa shape index (κ2) is 12.4. The minimum Gasteiger partial charge on any atom is -0.396 e. The fourth-order valence-electron chi connectivity index (χ4n) is 7.27. The number of unbranched alkanes of at least 4 members (excludes halogenated alkanes) is 1. The van der Waals surface area contributed by atoms with E-state index >= 15 is 0 Å². The molecule has 1 spiro atoms. The molecule has 3 aliphatic rings. The second-order valence-corrected chi connectivity index (χ2v) is 11.6. The van der Waals surface area contributed by atoms with E-state index in [-0.39, 0.29) is 30.9 Å². The van der Waals surface area contributed by atoms with Crippen LogP contribution in [0.25, 0.3) is 0 Å². The van der Waals surface area contributed by atoms with Gasteiger partial charge in [-0.3, -0.25) is 14.4 Å². The zero-order valence-corrected chi connectivity index (χ0v) is 25.1. The Bertz CT molecular complexity index is 1150. The second-order valence-electron chi connectivity index (χ2n) is 11.6.